The Morgan fingerprint density at radius 3 is 3.04 bits per heavy atom. The smallest absolute Gasteiger partial charge is 0.180 e. The third-order valence-electron chi connectivity index (χ3n) is 5.29. The van der Waals surface area contributed by atoms with Crippen molar-refractivity contribution in [1.29, 1.82) is 0 Å². The number of anilines is 1. The van der Waals surface area contributed by atoms with Crippen LogP contribution in [-0.2, 0) is 12.8 Å². The van der Waals surface area contributed by atoms with Crippen molar-refractivity contribution in [2.75, 3.05) is 25.9 Å². The summed E-state index contributed by atoms with van der Waals surface area (Å²) in [6.45, 7) is 4.52. The van der Waals surface area contributed by atoms with E-state index >= 15 is 0 Å². The quantitative estimate of drug-likeness (QED) is 0.605. The summed E-state index contributed by atoms with van der Waals surface area (Å²) in [4.78, 5) is 8.50. The first-order chi connectivity index (χ1) is 13.6. The van der Waals surface area contributed by atoms with Gasteiger partial charge in [0.05, 0.1) is 12.8 Å². The Hall–Kier alpha value is -2.05. The van der Waals surface area contributed by atoms with Crippen molar-refractivity contribution in [3.63, 3.8) is 0 Å². The molecule has 1 aromatic heterocycles. The number of nitrogen functional groups attached to an aromatic ring is 1. The molecule has 5 nitrogen and oxygen atoms in total. The molecule has 0 spiro atoms. The first-order valence-electron chi connectivity index (χ1n) is 10.1. The van der Waals surface area contributed by atoms with Crippen LogP contribution >= 0.6 is 11.3 Å². The third kappa shape index (κ3) is 5.26. The van der Waals surface area contributed by atoms with Crippen LogP contribution in [0.3, 0.4) is 0 Å². The predicted octanol–water partition coefficient (Wildman–Crippen LogP) is 4.50. The Morgan fingerprint density at radius 2 is 2.25 bits per heavy atom. The molecule has 3 N–H and O–H groups in total. The maximum absolute atomic E-state index is 9.68. The minimum Gasteiger partial charge on any atom is -0.504 e. The van der Waals surface area contributed by atoms with Crippen molar-refractivity contribution in [3.05, 3.63) is 40.4 Å². The summed E-state index contributed by atoms with van der Waals surface area (Å²) in [6.07, 6.45) is 11.0. The molecule has 1 unspecified atom stereocenters. The molecule has 152 valence electrons. The molecule has 1 atom stereocenters. The number of methoxy groups -OCH3 is 1. The van der Waals surface area contributed by atoms with Crippen LogP contribution in [0.5, 0.6) is 11.5 Å². The molecule has 0 bridgehead atoms. The molecule has 1 aromatic carbocycles. The number of hydrogen-bond donors (Lipinski definition) is 2. The number of ether oxygens (including phenoxy) is 1. The van der Waals surface area contributed by atoms with Crippen molar-refractivity contribution in [1.82, 2.24) is 9.88 Å². The van der Waals surface area contributed by atoms with E-state index in [1.807, 2.05) is 12.1 Å². The Kier molecular flexibility index (Phi) is 7.34. The van der Waals surface area contributed by atoms with Crippen molar-refractivity contribution >= 4 is 22.5 Å². The number of fused-ring (bicyclic) bond motifs is 1. The lowest BCUT2D eigenvalue weighted by molar-refractivity contribution is 0.178. The molecule has 28 heavy (non-hydrogen) atoms. The lowest BCUT2D eigenvalue weighted by Gasteiger charge is -2.33. The van der Waals surface area contributed by atoms with Gasteiger partial charge in [-0.1, -0.05) is 25.1 Å². The van der Waals surface area contributed by atoms with Crippen molar-refractivity contribution < 1.29 is 9.84 Å². The van der Waals surface area contributed by atoms with Crippen molar-refractivity contribution in [2.24, 2.45) is 0 Å². The Bertz CT molecular complexity index is 803. The molecule has 0 saturated heterocycles. The number of aromatic hydroxyl groups is 1. The van der Waals surface area contributed by atoms with Crippen LogP contribution in [0.2, 0.25) is 0 Å². The number of phenolic OH excluding ortho intramolecular Hbond substituents is 1. The number of nitrogens with zero attached hydrogens (tertiary/aromatic N) is 2. The topological polar surface area (TPSA) is 71.6 Å². The van der Waals surface area contributed by atoms with Gasteiger partial charge in [0.1, 0.15) is 0 Å². The number of aryl methyl sites for hydroxylation is 1. The molecule has 0 amide bonds. The number of nitrogens with two attached hydrogens (primary N) is 1. The molecule has 1 aliphatic rings. The van der Waals surface area contributed by atoms with E-state index < -0.39 is 0 Å². The van der Waals surface area contributed by atoms with Gasteiger partial charge in [0.25, 0.3) is 0 Å². The first kappa shape index (κ1) is 20.7. The van der Waals surface area contributed by atoms with E-state index in [2.05, 4.69) is 29.0 Å². The lowest BCUT2D eigenvalue weighted by Crippen LogP contribution is -2.40. The first-order valence-corrected chi connectivity index (χ1v) is 10.9. The molecular weight excluding hydrogens is 370 g/mol. The van der Waals surface area contributed by atoms with Gasteiger partial charge in [-0.15, -0.1) is 11.3 Å². The van der Waals surface area contributed by atoms with Gasteiger partial charge in [0.2, 0.25) is 0 Å². The van der Waals surface area contributed by atoms with Crippen molar-refractivity contribution in [3.8, 4) is 11.5 Å². The number of allylic oxidation sites excluding steroid dienone is 1. The number of rotatable bonds is 9. The van der Waals surface area contributed by atoms with Gasteiger partial charge in [-0.2, -0.15) is 0 Å². The van der Waals surface area contributed by atoms with Crippen LogP contribution in [0, 0.1) is 0 Å². The fourth-order valence-corrected chi connectivity index (χ4v) is 4.83. The minimum absolute atomic E-state index is 0.174. The van der Waals surface area contributed by atoms with E-state index in [0.29, 0.717) is 16.9 Å². The van der Waals surface area contributed by atoms with Crippen LogP contribution in [0.1, 0.15) is 48.7 Å². The van der Waals surface area contributed by atoms with Crippen LogP contribution in [0.15, 0.2) is 24.3 Å². The summed E-state index contributed by atoms with van der Waals surface area (Å²) in [5.74, 6) is 0.685. The lowest BCUT2D eigenvalue weighted by atomic mass is 9.96. The van der Waals surface area contributed by atoms with E-state index in [1.165, 1.54) is 23.4 Å². The molecule has 3 rings (SSSR count). The van der Waals surface area contributed by atoms with Crippen LogP contribution in [0.25, 0.3) is 6.08 Å². The average molecular weight is 402 g/mol. The highest BCUT2D eigenvalue weighted by atomic mass is 32.1. The molecule has 0 fully saturated rings. The van der Waals surface area contributed by atoms with Gasteiger partial charge in [0.15, 0.2) is 16.6 Å². The summed E-state index contributed by atoms with van der Waals surface area (Å²) in [5, 5.41) is 10.4. The Morgan fingerprint density at radius 1 is 1.39 bits per heavy atom. The van der Waals surface area contributed by atoms with E-state index in [1.54, 1.807) is 24.5 Å². The Labute approximate surface area is 171 Å². The number of unbranched alkanes of at least 4 members (excludes halogenated alkanes) is 1. The van der Waals surface area contributed by atoms with Crippen LogP contribution < -0.4 is 10.5 Å². The fraction of sp³-hybridized carbons (Fsp3) is 0.500. The maximum atomic E-state index is 9.68. The number of benzene rings is 1. The van der Waals surface area contributed by atoms with Gasteiger partial charge < -0.3 is 20.5 Å². The normalized spacial score (nSPS) is 16.6. The second-order valence-electron chi connectivity index (χ2n) is 7.33. The largest absolute Gasteiger partial charge is 0.504 e. The second kappa shape index (κ2) is 9.94. The molecule has 1 aliphatic carbocycles. The molecule has 0 radical (unpaired) electrons. The monoisotopic (exact) mass is 401 g/mol. The van der Waals surface area contributed by atoms with E-state index in [9.17, 15) is 5.11 Å². The number of aromatic nitrogens is 1. The standard InChI is InChI=1S/C22H31N3O2S/c1-3-12-25(17-9-10-18-21(15-17)28-22(23)24-18)13-6-4-5-7-16-8-11-19(26)20(14-16)27-2/h5,7-8,11,14,17,26H,3-4,6,9-10,12-13,15H2,1-2H3,(H2,23,24)/b7-5-. The van der Waals surface area contributed by atoms with E-state index in [4.69, 9.17) is 10.5 Å². The summed E-state index contributed by atoms with van der Waals surface area (Å²) in [5.41, 5.74) is 8.16. The van der Waals surface area contributed by atoms with Crippen LogP contribution in [-0.4, -0.2) is 41.2 Å². The zero-order valence-corrected chi connectivity index (χ0v) is 17.7. The molecule has 1 heterocycles. The van der Waals surface area contributed by atoms with Gasteiger partial charge in [-0.05, 0) is 69.3 Å². The van der Waals surface area contributed by atoms with E-state index in [0.717, 1.165) is 44.3 Å². The highest BCUT2D eigenvalue weighted by Gasteiger charge is 2.26. The van der Waals surface area contributed by atoms with E-state index in [-0.39, 0.29) is 5.75 Å². The summed E-state index contributed by atoms with van der Waals surface area (Å²) in [7, 11) is 1.57. The van der Waals surface area contributed by atoms with Crippen LogP contribution in [0.4, 0.5) is 5.13 Å². The molecular formula is C22H31N3O2S. The SMILES string of the molecule is CCCN(CCC/C=C\c1ccc(O)c(OC)c1)C1CCc2nc(N)sc2C1. The average Bonchev–Trinajstić information content (AvgIpc) is 3.07. The predicted molar refractivity (Wildman–Crippen MR) is 117 cm³/mol. The second-order valence-corrected chi connectivity index (χ2v) is 8.45. The minimum atomic E-state index is 0.174. The highest BCUT2D eigenvalue weighted by molar-refractivity contribution is 7.15. The number of thiazole rings is 1. The Balaban J connectivity index is 1.50. The maximum Gasteiger partial charge on any atom is 0.180 e. The van der Waals surface area contributed by atoms with Gasteiger partial charge >= 0.3 is 0 Å². The molecule has 0 saturated carbocycles. The van der Waals surface area contributed by atoms with Gasteiger partial charge in [0, 0.05) is 10.9 Å². The zero-order chi connectivity index (χ0) is 19.9. The molecule has 6 heteroatoms. The zero-order valence-electron chi connectivity index (χ0n) is 16.9. The van der Waals surface area contributed by atoms with Gasteiger partial charge in [-0.25, -0.2) is 4.98 Å². The van der Waals surface area contributed by atoms with Crippen molar-refractivity contribution in [2.45, 2.75) is 51.5 Å². The highest BCUT2D eigenvalue weighted by Crippen LogP contribution is 2.30. The number of hydrogen-bond acceptors (Lipinski definition) is 6. The fourth-order valence-electron chi connectivity index (χ4n) is 3.88. The summed E-state index contributed by atoms with van der Waals surface area (Å²) < 4.78 is 5.16. The summed E-state index contributed by atoms with van der Waals surface area (Å²) in [6, 6.07) is 6.04. The number of phenols is 1. The third-order valence-corrected chi connectivity index (χ3v) is 6.24. The summed E-state index contributed by atoms with van der Waals surface area (Å²) >= 11 is 1.66. The molecule has 0 aliphatic heterocycles. The molecule has 2 aromatic rings. The van der Waals surface area contributed by atoms with Gasteiger partial charge in [-0.3, -0.25) is 0 Å².